The number of hydrogen-bond donors (Lipinski definition) is 1. The Morgan fingerprint density at radius 2 is 2.10 bits per heavy atom. The lowest BCUT2D eigenvalue weighted by Crippen LogP contribution is -2.56. The molecule has 1 unspecified atom stereocenters. The molecule has 1 aliphatic rings. The van der Waals surface area contributed by atoms with E-state index in [-0.39, 0.29) is 5.54 Å². The van der Waals surface area contributed by atoms with Gasteiger partial charge in [-0.2, -0.15) is 0 Å². The highest BCUT2D eigenvalue weighted by atomic mass is 79.9. The van der Waals surface area contributed by atoms with Gasteiger partial charge in [-0.05, 0) is 40.0 Å². The summed E-state index contributed by atoms with van der Waals surface area (Å²) in [7, 11) is 0. The minimum Gasteiger partial charge on any atom is -0.313 e. The zero-order valence-corrected chi connectivity index (χ0v) is 13.8. The van der Waals surface area contributed by atoms with E-state index in [4.69, 9.17) is 0 Å². The SMILES string of the molecule is CC1(c2ccccc2)CNCCN1Cc1cncc(Br)c1. The average Bonchev–Trinajstić information content (AvgIpc) is 2.51. The van der Waals surface area contributed by atoms with Crippen molar-refractivity contribution >= 4 is 15.9 Å². The lowest BCUT2D eigenvalue weighted by molar-refractivity contribution is 0.0649. The number of halogens is 1. The van der Waals surface area contributed by atoms with E-state index in [9.17, 15) is 0 Å². The first-order valence-corrected chi connectivity index (χ1v) is 8.08. The van der Waals surface area contributed by atoms with Crippen molar-refractivity contribution in [2.75, 3.05) is 19.6 Å². The number of nitrogens with one attached hydrogen (secondary N) is 1. The highest BCUT2D eigenvalue weighted by Crippen LogP contribution is 2.31. The number of rotatable bonds is 3. The van der Waals surface area contributed by atoms with Gasteiger partial charge in [-0.25, -0.2) is 0 Å². The minimum absolute atomic E-state index is 0.0157. The van der Waals surface area contributed by atoms with E-state index >= 15 is 0 Å². The molecule has 0 bridgehead atoms. The number of benzene rings is 1. The first kappa shape index (κ1) is 14.7. The summed E-state index contributed by atoms with van der Waals surface area (Å²) in [6, 6.07) is 12.9. The van der Waals surface area contributed by atoms with Crippen molar-refractivity contribution in [2.45, 2.75) is 19.0 Å². The summed E-state index contributed by atoms with van der Waals surface area (Å²) < 4.78 is 1.04. The Kier molecular flexibility index (Phi) is 4.38. The standard InChI is InChI=1S/C17H20BrN3/c1-17(15-5-3-2-4-6-15)13-19-7-8-21(17)12-14-9-16(18)11-20-10-14/h2-6,9-11,19H,7-8,12-13H2,1H3. The number of piperazine rings is 1. The summed E-state index contributed by atoms with van der Waals surface area (Å²) in [6.45, 7) is 6.28. The van der Waals surface area contributed by atoms with Crippen LogP contribution < -0.4 is 5.32 Å². The lowest BCUT2D eigenvalue weighted by Gasteiger charge is -2.45. The van der Waals surface area contributed by atoms with Gasteiger partial charge in [-0.1, -0.05) is 30.3 Å². The molecule has 3 rings (SSSR count). The van der Waals surface area contributed by atoms with Crippen LogP contribution in [0, 0.1) is 0 Å². The highest BCUT2D eigenvalue weighted by Gasteiger charge is 2.35. The molecule has 110 valence electrons. The van der Waals surface area contributed by atoms with Crippen LogP contribution in [0.25, 0.3) is 0 Å². The van der Waals surface area contributed by atoms with Gasteiger partial charge in [-0.15, -0.1) is 0 Å². The molecule has 1 atom stereocenters. The van der Waals surface area contributed by atoms with Gasteiger partial charge in [0, 0.05) is 43.0 Å². The molecule has 0 saturated carbocycles. The van der Waals surface area contributed by atoms with E-state index in [1.54, 1.807) is 0 Å². The van der Waals surface area contributed by atoms with Gasteiger partial charge in [0.05, 0.1) is 5.54 Å². The normalized spacial score (nSPS) is 23.1. The maximum Gasteiger partial charge on any atom is 0.0561 e. The van der Waals surface area contributed by atoms with Gasteiger partial charge in [0.2, 0.25) is 0 Å². The van der Waals surface area contributed by atoms with Gasteiger partial charge >= 0.3 is 0 Å². The average molecular weight is 346 g/mol. The molecule has 1 N–H and O–H groups in total. The van der Waals surface area contributed by atoms with Crippen LogP contribution in [-0.2, 0) is 12.1 Å². The van der Waals surface area contributed by atoms with Crippen LogP contribution in [0.2, 0.25) is 0 Å². The van der Waals surface area contributed by atoms with Crippen molar-refractivity contribution in [3.63, 3.8) is 0 Å². The van der Waals surface area contributed by atoms with Crippen LogP contribution in [0.5, 0.6) is 0 Å². The van der Waals surface area contributed by atoms with Crippen LogP contribution >= 0.6 is 15.9 Å². The highest BCUT2D eigenvalue weighted by molar-refractivity contribution is 9.10. The Hall–Kier alpha value is -1.23. The van der Waals surface area contributed by atoms with Gasteiger partial charge in [0.1, 0.15) is 0 Å². The van der Waals surface area contributed by atoms with Gasteiger partial charge in [0.15, 0.2) is 0 Å². The van der Waals surface area contributed by atoms with Crippen LogP contribution in [0.15, 0.2) is 53.3 Å². The Balaban J connectivity index is 1.88. The van der Waals surface area contributed by atoms with Crippen molar-refractivity contribution in [3.05, 3.63) is 64.4 Å². The molecule has 1 aromatic carbocycles. The molecule has 0 spiro atoms. The largest absolute Gasteiger partial charge is 0.313 e. The predicted octanol–water partition coefficient (Wildman–Crippen LogP) is 3.16. The molecule has 1 aliphatic heterocycles. The first-order chi connectivity index (χ1) is 10.2. The number of aromatic nitrogens is 1. The molecule has 3 nitrogen and oxygen atoms in total. The Bertz CT molecular complexity index is 602. The van der Waals surface area contributed by atoms with E-state index in [1.165, 1.54) is 11.1 Å². The second kappa shape index (κ2) is 6.26. The third-order valence-electron chi connectivity index (χ3n) is 4.26. The zero-order chi connectivity index (χ0) is 14.7. The molecule has 21 heavy (non-hydrogen) atoms. The predicted molar refractivity (Wildman–Crippen MR) is 89.0 cm³/mol. The lowest BCUT2D eigenvalue weighted by atomic mass is 9.88. The third kappa shape index (κ3) is 3.18. The summed E-state index contributed by atoms with van der Waals surface area (Å²) in [5.74, 6) is 0. The van der Waals surface area contributed by atoms with E-state index in [0.29, 0.717) is 0 Å². The monoisotopic (exact) mass is 345 g/mol. The molecule has 2 heterocycles. The van der Waals surface area contributed by atoms with Crippen LogP contribution in [-0.4, -0.2) is 29.5 Å². The van der Waals surface area contributed by atoms with E-state index in [1.807, 2.05) is 12.4 Å². The summed E-state index contributed by atoms with van der Waals surface area (Å²) in [5, 5.41) is 3.53. The smallest absolute Gasteiger partial charge is 0.0561 e. The van der Waals surface area contributed by atoms with Gasteiger partial charge < -0.3 is 5.32 Å². The second-order valence-corrected chi connectivity index (χ2v) is 6.67. The van der Waals surface area contributed by atoms with Crippen molar-refractivity contribution in [1.29, 1.82) is 0 Å². The Morgan fingerprint density at radius 1 is 1.29 bits per heavy atom. The molecule has 4 heteroatoms. The maximum absolute atomic E-state index is 4.28. The molecule has 0 amide bonds. The summed E-state index contributed by atoms with van der Waals surface area (Å²) in [4.78, 5) is 6.82. The van der Waals surface area contributed by atoms with Crippen LogP contribution in [0.4, 0.5) is 0 Å². The number of nitrogens with zero attached hydrogens (tertiary/aromatic N) is 2. The van der Waals surface area contributed by atoms with Crippen LogP contribution in [0.3, 0.4) is 0 Å². The van der Waals surface area contributed by atoms with Gasteiger partial charge in [0.25, 0.3) is 0 Å². The van der Waals surface area contributed by atoms with Crippen molar-refractivity contribution in [2.24, 2.45) is 0 Å². The Labute approximate surface area is 134 Å². The molecule has 1 aromatic heterocycles. The maximum atomic E-state index is 4.28. The fourth-order valence-electron chi connectivity index (χ4n) is 3.00. The summed E-state index contributed by atoms with van der Waals surface area (Å²) in [5.41, 5.74) is 2.62. The van der Waals surface area contributed by atoms with Crippen molar-refractivity contribution in [3.8, 4) is 0 Å². The van der Waals surface area contributed by atoms with Crippen molar-refractivity contribution in [1.82, 2.24) is 15.2 Å². The molecule has 1 fully saturated rings. The van der Waals surface area contributed by atoms with Crippen LogP contribution in [0.1, 0.15) is 18.1 Å². The molecule has 2 aromatic rings. The number of pyridine rings is 1. The minimum atomic E-state index is 0.0157. The summed E-state index contributed by atoms with van der Waals surface area (Å²) in [6.07, 6.45) is 3.79. The fraction of sp³-hybridized carbons (Fsp3) is 0.353. The molecular weight excluding hydrogens is 326 g/mol. The summed E-state index contributed by atoms with van der Waals surface area (Å²) >= 11 is 3.51. The Morgan fingerprint density at radius 3 is 2.86 bits per heavy atom. The number of hydrogen-bond acceptors (Lipinski definition) is 3. The molecule has 0 radical (unpaired) electrons. The van der Waals surface area contributed by atoms with E-state index < -0.39 is 0 Å². The topological polar surface area (TPSA) is 28.2 Å². The second-order valence-electron chi connectivity index (χ2n) is 5.75. The molecule has 0 aliphatic carbocycles. The quantitative estimate of drug-likeness (QED) is 0.925. The van der Waals surface area contributed by atoms with E-state index in [0.717, 1.165) is 30.7 Å². The fourth-order valence-corrected chi connectivity index (χ4v) is 3.41. The third-order valence-corrected chi connectivity index (χ3v) is 4.69. The van der Waals surface area contributed by atoms with Crippen molar-refractivity contribution < 1.29 is 0 Å². The molecular formula is C17H20BrN3. The zero-order valence-electron chi connectivity index (χ0n) is 12.2. The molecule has 1 saturated heterocycles. The van der Waals surface area contributed by atoms with E-state index in [2.05, 4.69) is 74.5 Å². The first-order valence-electron chi connectivity index (χ1n) is 7.29. The van der Waals surface area contributed by atoms with Gasteiger partial charge in [-0.3, -0.25) is 9.88 Å².